The van der Waals surface area contributed by atoms with E-state index < -0.39 is 23.7 Å². The van der Waals surface area contributed by atoms with Gasteiger partial charge in [-0.3, -0.25) is 9.59 Å². The van der Waals surface area contributed by atoms with E-state index in [0.29, 0.717) is 35.5 Å². The molecule has 35 heavy (non-hydrogen) atoms. The summed E-state index contributed by atoms with van der Waals surface area (Å²) < 4.78 is 14.8. The lowest BCUT2D eigenvalue weighted by Gasteiger charge is -2.39. The zero-order valence-corrected chi connectivity index (χ0v) is 19.1. The average molecular weight is 474 g/mol. The number of anilines is 2. The smallest absolute Gasteiger partial charge is 0.335 e. The van der Waals surface area contributed by atoms with Gasteiger partial charge < -0.3 is 15.7 Å². The third-order valence-electron chi connectivity index (χ3n) is 6.32. The number of aromatic nitrogens is 2. The van der Waals surface area contributed by atoms with Crippen LogP contribution in [0.1, 0.15) is 59.0 Å². The molecular weight excluding hydrogens is 451 g/mol. The fourth-order valence-corrected chi connectivity index (χ4v) is 4.72. The Bertz CT molecular complexity index is 1390. The topological polar surface area (TPSA) is 113 Å². The number of rotatable bonds is 4. The third kappa shape index (κ3) is 4.09. The van der Waals surface area contributed by atoms with Crippen LogP contribution < -0.4 is 10.6 Å². The highest BCUT2D eigenvalue weighted by molar-refractivity contribution is 6.08. The fourth-order valence-electron chi connectivity index (χ4n) is 4.72. The van der Waals surface area contributed by atoms with Gasteiger partial charge in [0.25, 0.3) is 5.91 Å². The number of amides is 1. The summed E-state index contributed by atoms with van der Waals surface area (Å²) in [7, 11) is 0. The SMILES string of the molecule is CC1(C)CC(=O)C2=C(C1)Nc1c(C(=O)Nc3ccc(F)cc3)cnn1[C@H]2c1ccc(C(=O)O)cc1. The minimum atomic E-state index is -1.04. The van der Waals surface area contributed by atoms with E-state index in [1.54, 1.807) is 16.8 Å². The number of hydrogen-bond donors (Lipinski definition) is 3. The van der Waals surface area contributed by atoms with E-state index in [1.807, 2.05) is 13.8 Å². The predicted octanol–water partition coefficient (Wildman–Crippen LogP) is 4.63. The molecule has 1 aliphatic carbocycles. The molecule has 9 heteroatoms. The molecule has 1 atom stereocenters. The highest BCUT2D eigenvalue weighted by atomic mass is 19.1. The number of hydrogen-bond acceptors (Lipinski definition) is 5. The Morgan fingerprint density at radius 1 is 1.11 bits per heavy atom. The van der Waals surface area contributed by atoms with Gasteiger partial charge in [0.15, 0.2) is 5.78 Å². The molecule has 2 aromatic carbocycles. The van der Waals surface area contributed by atoms with Gasteiger partial charge in [-0.1, -0.05) is 26.0 Å². The first kappa shape index (κ1) is 22.5. The number of benzene rings is 2. The first-order valence-electron chi connectivity index (χ1n) is 11.1. The molecule has 0 saturated carbocycles. The summed E-state index contributed by atoms with van der Waals surface area (Å²) in [6.07, 6.45) is 2.39. The maximum atomic E-state index is 13.3. The molecule has 8 nitrogen and oxygen atoms in total. The van der Waals surface area contributed by atoms with E-state index in [4.69, 9.17) is 0 Å². The lowest BCUT2D eigenvalue weighted by Crippen LogP contribution is -2.37. The van der Waals surface area contributed by atoms with Crippen molar-refractivity contribution < 1.29 is 23.9 Å². The van der Waals surface area contributed by atoms with Crippen molar-refractivity contribution in [2.75, 3.05) is 10.6 Å². The largest absolute Gasteiger partial charge is 0.478 e. The molecule has 0 spiro atoms. The van der Waals surface area contributed by atoms with Crippen LogP contribution in [0.4, 0.5) is 15.9 Å². The Balaban J connectivity index is 1.58. The van der Waals surface area contributed by atoms with Gasteiger partial charge in [0.1, 0.15) is 23.2 Å². The zero-order valence-electron chi connectivity index (χ0n) is 19.1. The second-order valence-corrected chi connectivity index (χ2v) is 9.60. The number of aromatic carboxylic acids is 1. The van der Waals surface area contributed by atoms with Gasteiger partial charge in [0, 0.05) is 23.4 Å². The summed E-state index contributed by atoms with van der Waals surface area (Å²) in [5.41, 5.74) is 2.54. The third-order valence-corrected chi connectivity index (χ3v) is 6.32. The highest BCUT2D eigenvalue weighted by Gasteiger charge is 2.42. The van der Waals surface area contributed by atoms with E-state index in [2.05, 4.69) is 15.7 Å². The number of nitrogens with zero attached hydrogens (tertiary/aromatic N) is 2. The molecule has 2 heterocycles. The summed E-state index contributed by atoms with van der Waals surface area (Å²) >= 11 is 0. The molecule has 0 unspecified atom stereocenters. The van der Waals surface area contributed by atoms with Crippen molar-refractivity contribution in [3.63, 3.8) is 0 Å². The second kappa shape index (κ2) is 8.19. The average Bonchev–Trinajstić information content (AvgIpc) is 3.22. The maximum Gasteiger partial charge on any atom is 0.335 e. The lowest BCUT2D eigenvalue weighted by atomic mass is 9.73. The Labute approximate surface area is 200 Å². The zero-order chi connectivity index (χ0) is 24.9. The van der Waals surface area contributed by atoms with Crippen molar-refractivity contribution in [1.82, 2.24) is 9.78 Å². The molecule has 0 fully saturated rings. The summed E-state index contributed by atoms with van der Waals surface area (Å²) in [5.74, 6) is -1.48. The van der Waals surface area contributed by atoms with Gasteiger partial charge in [-0.2, -0.15) is 5.10 Å². The first-order chi connectivity index (χ1) is 16.6. The first-order valence-corrected chi connectivity index (χ1v) is 11.1. The molecule has 178 valence electrons. The summed E-state index contributed by atoms with van der Waals surface area (Å²) in [4.78, 5) is 37.7. The van der Waals surface area contributed by atoms with E-state index >= 15 is 0 Å². The number of carbonyl (C=O) groups excluding carboxylic acids is 2. The molecule has 1 aromatic heterocycles. The Kier molecular flexibility index (Phi) is 5.27. The summed E-state index contributed by atoms with van der Waals surface area (Å²) in [5, 5.41) is 19.7. The van der Waals surface area contributed by atoms with Crippen LogP contribution in [0.3, 0.4) is 0 Å². The van der Waals surface area contributed by atoms with Crippen molar-refractivity contribution in [2.45, 2.75) is 32.7 Å². The van der Waals surface area contributed by atoms with Crippen LogP contribution in [0, 0.1) is 11.2 Å². The van der Waals surface area contributed by atoms with Crippen LogP contribution >= 0.6 is 0 Å². The molecule has 3 N–H and O–H groups in total. The summed E-state index contributed by atoms with van der Waals surface area (Å²) in [6, 6.07) is 11.1. The number of carbonyl (C=O) groups is 3. The van der Waals surface area contributed by atoms with E-state index in [0.717, 1.165) is 5.70 Å². The van der Waals surface area contributed by atoms with E-state index in [-0.39, 0.29) is 22.3 Å². The molecule has 1 amide bonds. The van der Waals surface area contributed by atoms with Crippen molar-refractivity contribution in [3.05, 3.63) is 88.5 Å². The van der Waals surface area contributed by atoms with Crippen molar-refractivity contribution in [2.24, 2.45) is 5.41 Å². The Morgan fingerprint density at radius 2 is 1.80 bits per heavy atom. The number of ketones is 1. The van der Waals surface area contributed by atoms with Gasteiger partial charge in [-0.15, -0.1) is 0 Å². The van der Waals surface area contributed by atoms with Crippen molar-refractivity contribution in [3.8, 4) is 0 Å². The minimum Gasteiger partial charge on any atom is -0.478 e. The number of nitrogens with one attached hydrogen (secondary N) is 2. The number of carboxylic acids is 1. The molecule has 0 bridgehead atoms. The van der Waals surface area contributed by atoms with Crippen LogP contribution in [0.5, 0.6) is 0 Å². The normalized spacial score (nSPS) is 18.4. The van der Waals surface area contributed by atoms with E-state index in [9.17, 15) is 23.9 Å². The van der Waals surface area contributed by atoms with Crippen LogP contribution in [-0.2, 0) is 4.79 Å². The Morgan fingerprint density at radius 3 is 2.46 bits per heavy atom. The predicted molar refractivity (Wildman–Crippen MR) is 127 cm³/mol. The molecule has 0 saturated heterocycles. The van der Waals surface area contributed by atoms with Gasteiger partial charge >= 0.3 is 5.97 Å². The Hall–Kier alpha value is -4.27. The quantitative estimate of drug-likeness (QED) is 0.508. The number of carboxylic acid groups (broad SMARTS) is 1. The van der Waals surface area contributed by atoms with Gasteiger partial charge in [-0.25, -0.2) is 13.9 Å². The number of Topliss-reactive ketones (excluding diaryl/α,β-unsaturated/α-hetero) is 1. The van der Waals surface area contributed by atoms with Crippen molar-refractivity contribution >= 4 is 29.2 Å². The lowest BCUT2D eigenvalue weighted by molar-refractivity contribution is -0.118. The van der Waals surface area contributed by atoms with Crippen LogP contribution in [-0.4, -0.2) is 32.5 Å². The highest BCUT2D eigenvalue weighted by Crippen LogP contribution is 2.46. The van der Waals surface area contributed by atoms with E-state index in [1.165, 1.54) is 42.6 Å². The van der Waals surface area contributed by atoms with Crippen molar-refractivity contribution in [1.29, 1.82) is 0 Å². The minimum absolute atomic E-state index is 0.0190. The molecule has 5 rings (SSSR count). The number of allylic oxidation sites excluding steroid dienone is 2. The molecule has 3 aromatic rings. The molecular formula is C26H23FN4O4. The van der Waals surface area contributed by atoms with Gasteiger partial charge in [0.2, 0.25) is 0 Å². The molecule has 0 radical (unpaired) electrons. The molecule has 2 aliphatic rings. The molecule has 1 aliphatic heterocycles. The fraction of sp³-hybridized carbons (Fsp3) is 0.231. The monoisotopic (exact) mass is 474 g/mol. The van der Waals surface area contributed by atoms with Gasteiger partial charge in [0.05, 0.1) is 11.8 Å². The number of fused-ring (bicyclic) bond motifs is 1. The van der Waals surface area contributed by atoms with Crippen LogP contribution in [0.25, 0.3) is 0 Å². The van der Waals surface area contributed by atoms with Gasteiger partial charge in [-0.05, 0) is 53.8 Å². The number of halogens is 1. The standard InChI is InChI=1S/C26H23FN4O4/c1-26(2)11-19-21(20(32)12-26)22(14-3-5-15(6-4-14)25(34)35)31-23(30-19)18(13-28-31)24(33)29-17-9-7-16(27)8-10-17/h3-10,13,22,30H,11-12H2,1-2H3,(H,29,33)(H,34,35)/t22-/m0/s1. The van der Waals surface area contributed by atoms with Crippen LogP contribution in [0.15, 0.2) is 66.0 Å². The maximum absolute atomic E-state index is 13.3. The summed E-state index contributed by atoms with van der Waals surface area (Å²) in [6.45, 7) is 4.03. The second-order valence-electron chi connectivity index (χ2n) is 9.60. The van der Waals surface area contributed by atoms with Crippen LogP contribution in [0.2, 0.25) is 0 Å².